The molecule has 1 aliphatic rings. The van der Waals surface area contributed by atoms with Crippen molar-refractivity contribution in [3.8, 4) is 0 Å². The van der Waals surface area contributed by atoms with Gasteiger partial charge in [0.2, 0.25) is 0 Å². The van der Waals surface area contributed by atoms with Crippen LogP contribution in [-0.2, 0) is 6.42 Å². The molecule has 0 unspecified atom stereocenters. The van der Waals surface area contributed by atoms with E-state index in [2.05, 4.69) is 9.89 Å². The number of hydrogen-bond acceptors (Lipinski definition) is 2. The second-order valence-corrected chi connectivity index (χ2v) is 5.44. The fourth-order valence-corrected chi connectivity index (χ4v) is 2.75. The van der Waals surface area contributed by atoms with E-state index in [1.54, 1.807) is 12.1 Å². The van der Waals surface area contributed by atoms with Gasteiger partial charge in [0, 0.05) is 31.1 Å². The van der Waals surface area contributed by atoms with Crippen molar-refractivity contribution < 1.29 is 4.39 Å². The maximum atomic E-state index is 12.7. The second-order valence-electron chi connectivity index (χ2n) is 4.22. The van der Waals surface area contributed by atoms with Crippen molar-refractivity contribution in [3.05, 3.63) is 35.6 Å². The molecule has 3 nitrogen and oxygen atoms in total. The van der Waals surface area contributed by atoms with Crippen molar-refractivity contribution in [2.75, 3.05) is 31.1 Å². The van der Waals surface area contributed by atoms with E-state index in [9.17, 15) is 4.39 Å². The maximum Gasteiger partial charge on any atom is 0.191 e. The zero-order valence-corrected chi connectivity index (χ0v) is 11.1. The Balaban J connectivity index is 1.81. The predicted octanol–water partition coefficient (Wildman–Crippen LogP) is 1.73. The number of thioether (sulfide) groups is 1. The number of benzene rings is 1. The Hall–Kier alpha value is -1.23. The predicted molar refractivity (Wildman–Crippen MR) is 75.5 cm³/mol. The molecule has 1 aromatic carbocycles. The summed E-state index contributed by atoms with van der Waals surface area (Å²) in [5.74, 6) is 2.67. The van der Waals surface area contributed by atoms with Gasteiger partial charge in [-0.3, -0.25) is 4.99 Å². The van der Waals surface area contributed by atoms with Crippen LogP contribution in [0.1, 0.15) is 5.56 Å². The Labute approximate surface area is 111 Å². The molecular formula is C13H18FN3S. The summed E-state index contributed by atoms with van der Waals surface area (Å²) >= 11 is 1.95. The lowest BCUT2D eigenvalue weighted by atomic mass is 10.1. The number of guanidine groups is 1. The number of aliphatic imine (C=N–C) groups is 1. The third-order valence-electron chi connectivity index (χ3n) is 2.92. The van der Waals surface area contributed by atoms with E-state index in [1.165, 1.54) is 12.1 Å². The molecule has 1 aromatic rings. The standard InChI is InChI=1S/C13H18FN3S/c14-12-3-1-11(2-4-12)5-6-16-13(15)17-7-9-18-10-8-17/h1-4H,5-10H2,(H2,15,16). The van der Waals surface area contributed by atoms with Crippen molar-refractivity contribution in [2.24, 2.45) is 10.7 Å². The first-order valence-electron chi connectivity index (χ1n) is 6.13. The maximum absolute atomic E-state index is 12.7. The molecule has 18 heavy (non-hydrogen) atoms. The second kappa shape index (κ2) is 6.64. The number of nitrogens with two attached hydrogens (primary N) is 1. The molecule has 0 bridgehead atoms. The number of nitrogens with zero attached hydrogens (tertiary/aromatic N) is 2. The van der Waals surface area contributed by atoms with Crippen LogP contribution in [0.3, 0.4) is 0 Å². The molecule has 1 heterocycles. The largest absolute Gasteiger partial charge is 0.370 e. The Morgan fingerprint density at radius 2 is 1.94 bits per heavy atom. The third kappa shape index (κ3) is 3.91. The van der Waals surface area contributed by atoms with Crippen LogP contribution in [0.2, 0.25) is 0 Å². The van der Waals surface area contributed by atoms with Gasteiger partial charge in [-0.1, -0.05) is 12.1 Å². The van der Waals surface area contributed by atoms with Gasteiger partial charge in [-0.05, 0) is 24.1 Å². The summed E-state index contributed by atoms with van der Waals surface area (Å²) in [5.41, 5.74) is 7.03. The summed E-state index contributed by atoms with van der Waals surface area (Å²) in [6.07, 6.45) is 0.795. The minimum Gasteiger partial charge on any atom is -0.370 e. The first-order valence-corrected chi connectivity index (χ1v) is 7.28. The number of rotatable bonds is 3. The Kier molecular flexibility index (Phi) is 4.87. The van der Waals surface area contributed by atoms with Crippen molar-refractivity contribution in [2.45, 2.75) is 6.42 Å². The minimum absolute atomic E-state index is 0.201. The van der Waals surface area contributed by atoms with Crippen LogP contribution in [0, 0.1) is 5.82 Å². The molecule has 0 saturated carbocycles. The molecule has 0 amide bonds. The normalized spacial score (nSPS) is 16.9. The Morgan fingerprint density at radius 3 is 2.61 bits per heavy atom. The highest BCUT2D eigenvalue weighted by atomic mass is 32.2. The summed E-state index contributed by atoms with van der Waals surface area (Å²) in [7, 11) is 0. The lowest BCUT2D eigenvalue weighted by molar-refractivity contribution is 0.456. The SMILES string of the molecule is NC(=NCCc1ccc(F)cc1)N1CCSCC1. The minimum atomic E-state index is -0.201. The van der Waals surface area contributed by atoms with E-state index >= 15 is 0 Å². The number of hydrogen-bond donors (Lipinski definition) is 1. The van der Waals surface area contributed by atoms with Gasteiger partial charge in [-0.15, -0.1) is 0 Å². The van der Waals surface area contributed by atoms with Gasteiger partial charge in [0.05, 0.1) is 0 Å². The topological polar surface area (TPSA) is 41.6 Å². The highest BCUT2D eigenvalue weighted by molar-refractivity contribution is 7.99. The van der Waals surface area contributed by atoms with E-state index in [4.69, 9.17) is 5.73 Å². The molecule has 1 aliphatic heterocycles. The Morgan fingerprint density at radius 1 is 1.28 bits per heavy atom. The van der Waals surface area contributed by atoms with Gasteiger partial charge >= 0.3 is 0 Å². The van der Waals surface area contributed by atoms with Gasteiger partial charge in [-0.25, -0.2) is 4.39 Å². The van der Waals surface area contributed by atoms with Crippen LogP contribution in [0.15, 0.2) is 29.3 Å². The van der Waals surface area contributed by atoms with Crippen LogP contribution in [0.25, 0.3) is 0 Å². The smallest absolute Gasteiger partial charge is 0.191 e. The van der Waals surface area contributed by atoms with Crippen LogP contribution < -0.4 is 5.73 Å². The fraction of sp³-hybridized carbons (Fsp3) is 0.462. The van der Waals surface area contributed by atoms with Gasteiger partial charge in [-0.2, -0.15) is 11.8 Å². The first-order chi connectivity index (χ1) is 8.75. The average molecular weight is 267 g/mol. The summed E-state index contributed by atoms with van der Waals surface area (Å²) in [6.45, 7) is 2.62. The zero-order valence-electron chi connectivity index (χ0n) is 10.3. The van der Waals surface area contributed by atoms with E-state index in [1.807, 2.05) is 11.8 Å². The average Bonchev–Trinajstić information content (AvgIpc) is 2.42. The highest BCUT2D eigenvalue weighted by Gasteiger charge is 2.11. The lowest BCUT2D eigenvalue weighted by Crippen LogP contribution is -2.42. The third-order valence-corrected chi connectivity index (χ3v) is 3.87. The molecule has 1 saturated heterocycles. The Bertz CT molecular complexity index is 399. The van der Waals surface area contributed by atoms with Gasteiger partial charge < -0.3 is 10.6 Å². The molecule has 98 valence electrons. The molecular weight excluding hydrogens is 249 g/mol. The number of halogens is 1. The highest BCUT2D eigenvalue weighted by Crippen LogP contribution is 2.08. The van der Waals surface area contributed by atoms with Gasteiger partial charge in [0.25, 0.3) is 0 Å². The summed E-state index contributed by atoms with van der Waals surface area (Å²) in [6, 6.07) is 6.53. The molecule has 0 aromatic heterocycles. The monoisotopic (exact) mass is 267 g/mol. The molecule has 0 atom stereocenters. The molecule has 0 radical (unpaired) electrons. The van der Waals surface area contributed by atoms with Crippen molar-refractivity contribution in [1.82, 2.24) is 4.90 Å². The summed E-state index contributed by atoms with van der Waals surface area (Å²) in [5, 5.41) is 0. The van der Waals surface area contributed by atoms with Crippen LogP contribution in [-0.4, -0.2) is 42.0 Å². The molecule has 0 spiro atoms. The van der Waals surface area contributed by atoms with Gasteiger partial charge in [0.1, 0.15) is 5.82 Å². The van der Waals surface area contributed by atoms with E-state index < -0.39 is 0 Å². The molecule has 2 rings (SSSR count). The first kappa shape index (κ1) is 13.2. The van der Waals surface area contributed by atoms with Crippen LogP contribution in [0.4, 0.5) is 4.39 Å². The molecule has 1 fully saturated rings. The van der Waals surface area contributed by atoms with Crippen LogP contribution >= 0.6 is 11.8 Å². The summed E-state index contributed by atoms with van der Waals surface area (Å²) in [4.78, 5) is 6.51. The van der Waals surface area contributed by atoms with Crippen LogP contribution in [0.5, 0.6) is 0 Å². The summed E-state index contributed by atoms with van der Waals surface area (Å²) < 4.78 is 12.7. The quantitative estimate of drug-likeness (QED) is 0.670. The molecule has 2 N–H and O–H groups in total. The lowest BCUT2D eigenvalue weighted by Gasteiger charge is -2.27. The molecule has 0 aliphatic carbocycles. The zero-order chi connectivity index (χ0) is 12.8. The van der Waals surface area contributed by atoms with Crippen molar-refractivity contribution >= 4 is 17.7 Å². The van der Waals surface area contributed by atoms with Crippen molar-refractivity contribution in [1.29, 1.82) is 0 Å². The fourth-order valence-electron chi connectivity index (χ4n) is 1.84. The van der Waals surface area contributed by atoms with E-state index in [-0.39, 0.29) is 5.82 Å². The van der Waals surface area contributed by atoms with E-state index in [0.29, 0.717) is 12.5 Å². The molecule has 5 heteroatoms. The van der Waals surface area contributed by atoms with Crippen molar-refractivity contribution in [3.63, 3.8) is 0 Å². The van der Waals surface area contributed by atoms with Gasteiger partial charge in [0.15, 0.2) is 5.96 Å². The van der Waals surface area contributed by atoms with E-state index in [0.717, 1.165) is 36.6 Å².